The minimum atomic E-state index is -0.799. The first kappa shape index (κ1) is 12.5. The molecule has 0 saturated carbocycles. The van der Waals surface area contributed by atoms with Gasteiger partial charge in [-0.25, -0.2) is 8.78 Å². The number of nitrogens with zero attached hydrogens (tertiary/aromatic N) is 1. The lowest BCUT2D eigenvalue weighted by Crippen LogP contribution is -2.40. The number of halogens is 3. The van der Waals surface area contributed by atoms with Crippen LogP contribution in [0.5, 0.6) is 0 Å². The van der Waals surface area contributed by atoms with E-state index in [0.717, 1.165) is 25.0 Å². The molecule has 1 aliphatic heterocycles. The van der Waals surface area contributed by atoms with E-state index in [0.29, 0.717) is 13.1 Å². The monoisotopic (exact) mass is 303 g/mol. The molecule has 2 rings (SSSR count). The minimum Gasteiger partial charge on any atom is -0.337 e. The molecule has 0 radical (unpaired) electrons. The van der Waals surface area contributed by atoms with E-state index in [9.17, 15) is 13.6 Å². The molecule has 1 fully saturated rings. The molecular formula is C12H12BrF2NO. The zero-order valence-electron chi connectivity index (χ0n) is 9.13. The van der Waals surface area contributed by atoms with E-state index in [1.54, 1.807) is 0 Å². The second-order valence-corrected chi connectivity index (χ2v) is 5.38. The Labute approximate surface area is 107 Å². The average Bonchev–Trinajstić information content (AvgIpc) is 2.28. The first-order valence-corrected chi connectivity index (χ1v) is 6.38. The molecule has 0 aromatic heterocycles. The maximum atomic E-state index is 13.5. The van der Waals surface area contributed by atoms with Gasteiger partial charge in [-0.15, -0.1) is 0 Å². The molecule has 92 valence electrons. The summed E-state index contributed by atoms with van der Waals surface area (Å²) < 4.78 is 26.9. The summed E-state index contributed by atoms with van der Waals surface area (Å²) in [5.74, 6) is -2.16. The summed E-state index contributed by atoms with van der Waals surface area (Å²) in [6, 6.07) is 3.46. The molecular weight excluding hydrogens is 292 g/mol. The highest BCUT2D eigenvalue weighted by Gasteiger charge is 2.26. The van der Waals surface area contributed by atoms with Crippen LogP contribution in [-0.4, -0.2) is 28.7 Å². The van der Waals surface area contributed by atoms with Crippen LogP contribution in [-0.2, 0) is 0 Å². The van der Waals surface area contributed by atoms with Gasteiger partial charge in [-0.3, -0.25) is 4.79 Å². The maximum Gasteiger partial charge on any atom is 0.259 e. The topological polar surface area (TPSA) is 20.3 Å². The van der Waals surface area contributed by atoms with E-state index in [2.05, 4.69) is 15.9 Å². The summed E-state index contributed by atoms with van der Waals surface area (Å²) in [7, 11) is 0. The second kappa shape index (κ2) is 5.12. The number of carbonyl (C=O) groups excluding carboxylic acids is 1. The third-order valence-corrected chi connectivity index (χ3v) is 3.58. The van der Waals surface area contributed by atoms with Crippen LogP contribution in [0, 0.1) is 11.6 Å². The number of alkyl halides is 1. The van der Waals surface area contributed by atoms with Crippen LogP contribution in [0.4, 0.5) is 8.78 Å². The van der Waals surface area contributed by atoms with Gasteiger partial charge in [0.15, 0.2) is 0 Å². The van der Waals surface area contributed by atoms with Crippen molar-refractivity contribution < 1.29 is 13.6 Å². The molecule has 1 saturated heterocycles. The van der Waals surface area contributed by atoms with Gasteiger partial charge in [-0.1, -0.05) is 22.0 Å². The van der Waals surface area contributed by atoms with Crippen LogP contribution in [0.2, 0.25) is 0 Å². The highest BCUT2D eigenvalue weighted by atomic mass is 79.9. The number of piperidine rings is 1. The van der Waals surface area contributed by atoms with Crippen LogP contribution in [0.25, 0.3) is 0 Å². The van der Waals surface area contributed by atoms with E-state index >= 15 is 0 Å². The third-order valence-electron chi connectivity index (χ3n) is 2.83. The summed E-state index contributed by atoms with van der Waals surface area (Å²) in [5.41, 5.74) is -0.450. The van der Waals surface area contributed by atoms with E-state index < -0.39 is 23.1 Å². The quantitative estimate of drug-likeness (QED) is 0.731. The van der Waals surface area contributed by atoms with Crippen molar-refractivity contribution in [1.82, 2.24) is 4.90 Å². The molecule has 1 aliphatic rings. The summed E-state index contributed by atoms with van der Waals surface area (Å²) in [4.78, 5) is 13.7. The van der Waals surface area contributed by atoms with Gasteiger partial charge in [0.1, 0.15) is 17.2 Å². The normalized spacial score (nSPS) is 20.4. The third kappa shape index (κ3) is 2.65. The smallest absolute Gasteiger partial charge is 0.259 e. The van der Waals surface area contributed by atoms with Crippen molar-refractivity contribution in [2.24, 2.45) is 0 Å². The summed E-state index contributed by atoms with van der Waals surface area (Å²) in [6.45, 7) is 1.04. The van der Waals surface area contributed by atoms with E-state index in [4.69, 9.17) is 0 Å². The molecule has 2 nitrogen and oxygen atoms in total. The van der Waals surface area contributed by atoms with Gasteiger partial charge in [-0.2, -0.15) is 0 Å². The number of carbonyl (C=O) groups is 1. The van der Waals surface area contributed by atoms with Gasteiger partial charge in [0.05, 0.1) is 0 Å². The first-order chi connectivity index (χ1) is 8.09. The Morgan fingerprint density at radius 1 is 1.35 bits per heavy atom. The Balaban J connectivity index is 2.24. The number of rotatable bonds is 1. The van der Waals surface area contributed by atoms with Crippen LogP contribution in [0.1, 0.15) is 23.2 Å². The van der Waals surface area contributed by atoms with E-state index in [1.165, 1.54) is 11.0 Å². The Bertz CT molecular complexity index is 418. The highest BCUT2D eigenvalue weighted by molar-refractivity contribution is 9.09. The Morgan fingerprint density at radius 2 is 2.00 bits per heavy atom. The Hall–Kier alpha value is -0.970. The molecule has 0 bridgehead atoms. The van der Waals surface area contributed by atoms with E-state index in [1.807, 2.05) is 0 Å². The van der Waals surface area contributed by atoms with Gasteiger partial charge >= 0.3 is 0 Å². The molecule has 5 heteroatoms. The van der Waals surface area contributed by atoms with Gasteiger partial charge in [0.2, 0.25) is 0 Å². The SMILES string of the molecule is O=C(c1c(F)cccc1F)N1CCCC(Br)C1. The highest BCUT2D eigenvalue weighted by Crippen LogP contribution is 2.21. The number of benzene rings is 1. The molecule has 1 amide bonds. The fourth-order valence-corrected chi connectivity index (χ4v) is 2.64. The second-order valence-electron chi connectivity index (χ2n) is 4.09. The first-order valence-electron chi connectivity index (χ1n) is 5.47. The van der Waals surface area contributed by atoms with Crippen molar-refractivity contribution in [2.45, 2.75) is 17.7 Å². The van der Waals surface area contributed by atoms with Crippen LogP contribution < -0.4 is 0 Å². The van der Waals surface area contributed by atoms with E-state index in [-0.39, 0.29) is 4.83 Å². The lowest BCUT2D eigenvalue weighted by atomic mass is 10.1. The fraction of sp³-hybridized carbons (Fsp3) is 0.417. The Kier molecular flexibility index (Phi) is 3.76. The number of hydrogen-bond donors (Lipinski definition) is 0. The lowest BCUT2D eigenvalue weighted by molar-refractivity contribution is 0.0720. The van der Waals surface area contributed by atoms with Crippen LogP contribution in [0.3, 0.4) is 0 Å². The molecule has 1 unspecified atom stereocenters. The van der Waals surface area contributed by atoms with Gasteiger partial charge in [0.25, 0.3) is 5.91 Å². The molecule has 0 N–H and O–H groups in total. The predicted octanol–water partition coefficient (Wildman–Crippen LogP) is 2.96. The van der Waals surface area contributed by atoms with Crippen molar-refractivity contribution in [1.29, 1.82) is 0 Å². The summed E-state index contributed by atoms with van der Waals surface area (Å²) >= 11 is 3.43. The van der Waals surface area contributed by atoms with Gasteiger partial charge in [-0.05, 0) is 25.0 Å². The van der Waals surface area contributed by atoms with Crippen molar-refractivity contribution in [3.8, 4) is 0 Å². The average molecular weight is 304 g/mol. The minimum absolute atomic E-state index is 0.204. The maximum absolute atomic E-state index is 13.5. The molecule has 1 heterocycles. The molecule has 1 aromatic rings. The largest absolute Gasteiger partial charge is 0.337 e. The molecule has 0 spiro atoms. The molecule has 17 heavy (non-hydrogen) atoms. The predicted molar refractivity (Wildman–Crippen MR) is 64.2 cm³/mol. The molecule has 1 atom stereocenters. The van der Waals surface area contributed by atoms with Crippen LogP contribution in [0.15, 0.2) is 18.2 Å². The van der Waals surface area contributed by atoms with Crippen molar-refractivity contribution in [3.63, 3.8) is 0 Å². The lowest BCUT2D eigenvalue weighted by Gasteiger charge is -2.30. The zero-order chi connectivity index (χ0) is 12.4. The number of amides is 1. The van der Waals surface area contributed by atoms with Crippen LogP contribution >= 0.6 is 15.9 Å². The summed E-state index contributed by atoms with van der Waals surface area (Å²) in [5, 5.41) is 0. The summed E-state index contributed by atoms with van der Waals surface area (Å²) in [6.07, 6.45) is 1.82. The van der Waals surface area contributed by atoms with Crippen molar-refractivity contribution in [2.75, 3.05) is 13.1 Å². The molecule has 0 aliphatic carbocycles. The van der Waals surface area contributed by atoms with Crippen molar-refractivity contribution >= 4 is 21.8 Å². The Morgan fingerprint density at radius 3 is 2.59 bits per heavy atom. The number of hydrogen-bond acceptors (Lipinski definition) is 1. The fourth-order valence-electron chi connectivity index (χ4n) is 1.97. The van der Waals surface area contributed by atoms with Gasteiger partial charge in [0, 0.05) is 17.9 Å². The number of likely N-dealkylation sites (tertiary alicyclic amines) is 1. The van der Waals surface area contributed by atoms with Gasteiger partial charge < -0.3 is 4.90 Å². The van der Waals surface area contributed by atoms with Crippen molar-refractivity contribution in [3.05, 3.63) is 35.4 Å². The molecule has 1 aromatic carbocycles. The standard InChI is InChI=1S/C12H12BrF2NO/c13-8-3-2-6-16(7-8)12(17)11-9(14)4-1-5-10(11)15/h1,4-5,8H,2-3,6-7H2. The zero-order valence-corrected chi connectivity index (χ0v) is 10.7.